The van der Waals surface area contributed by atoms with Crippen LogP contribution in [0.3, 0.4) is 0 Å². The lowest BCUT2D eigenvalue weighted by atomic mass is 10.1. The Bertz CT molecular complexity index is 591. The predicted molar refractivity (Wildman–Crippen MR) is 90.9 cm³/mol. The molecule has 22 heavy (non-hydrogen) atoms. The van der Waals surface area contributed by atoms with Gasteiger partial charge in [-0.3, -0.25) is 4.79 Å². The van der Waals surface area contributed by atoms with E-state index in [1.807, 2.05) is 60.7 Å². The third-order valence-corrected chi connectivity index (χ3v) is 5.88. The van der Waals surface area contributed by atoms with Crippen molar-refractivity contribution in [1.82, 2.24) is 0 Å². The van der Waals surface area contributed by atoms with E-state index in [9.17, 15) is 9.90 Å². The molecule has 0 aromatic heterocycles. The van der Waals surface area contributed by atoms with Crippen LogP contribution in [0.1, 0.15) is 16.4 Å². The minimum absolute atomic E-state index is 0.348. The Morgan fingerprint density at radius 1 is 1.14 bits per heavy atom. The lowest BCUT2D eigenvalue weighted by Crippen LogP contribution is -2.37. The van der Waals surface area contributed by atoms with E-state index in [1.54, 1.807) is 7.11 Å². The van der Waals surface area contributed by atoms with Crippen molar-refractivity contribution < 1.29 is 14.1 Å². The van der Waals surface area contributed by atoms with Crippen LogP contribution in [0.5, 0.6) is 0 Å². The first-order chi connectivity index (χ1) is 10.6. The van der Waals surface area contributed by atoms with Crippen molar-refractivity contribution in [2.24, 2.45) is 5.73 Å². The van der Waals surface area contributed by atoms with Crippen molar-refractivity contribution in [3.05, 3.63) is 71.8 Å². The van der Waals surface area contributed by atoms with Gasteiger partial charge in [0.25, 0.3) is 0 Å². The molecule has 0 bridgehead atoms. The molecule has 2 aromatic carbocycles. The van der Waals surface area contributed by atoms with Crippen molar-refractivity contribution in [2.45, 2.75) is 17.0 Å². The number of benzene rings is 2. The van der Waals surface area contributed by atoms with Crippen LogP contribution >= 0.6 is 11.2 Å². The number of nitrogens with two attached hydrogens (primary N) is 1. The first kappa shape index (κ1) is 16.5. The third-order valence-electron chi connectivity index (χ3n) is 3.49. The van der Waals surface area contributed by atoms with Crippen LogP contribution in [0, 0.1) is 0 Å². The summed E-state index contributed by atoms with van der Waals surface area (Å²) in [4.78, 5) is 11.4. The van der Waals surface area contributed by atoms with E-state index in [1.165, 1.54) is 0 Å². The molecule has 0 aliphatic heterocycles. The second-order valence-corrected chi connectivity index (χ2v) is 7.03. The Morgan fingerprint density at radius 2 is 1.68 bits per heavy atom. The molecule has 2 aromatic rings. The fourth-order valence-corrected chi connectivity index (χ4v) is 4.49. The summed E-state index contributed by atoms with van der Waals surface area (Å²) in [6, 6.07) is 18.4. The van der Waals surface area contributed by atoms with Gasteiger partial charge in [0.2, 0.25) is 0 Å². The Balaban J connectivity index is 2.31. The summed E-state index contributed by atoms with van der Waals surface area (Å²) >= 11 is -1.05. The third kappa shape index (κ3) is 4.10. The summed E-state index contributed by atoms with van der Waals surface area (Å²) < 4.78 is 5.66. The van der Waals surface area contributed by atoms with Crippen LogP contribution in [0.25, 0.3) is 0 Å². The van der Waals surface area contributed by atoms with E-state index in [-0.39, 0.29) is 5.25 Å². The largest absolute Gasteiger partial charge is 0.480 e. The van der Waals surface area contributed by atoms with Crippen LogP contribution < -0.4 is 5.73 Å². The van der Waals surface area contributed by atoms with E-state index in [2.05, 4.69) is 0 Å². The molecule has 0 fully saturated rings. The number of aliphatic carboxylic acids is 1. The molecule has 3 atom stereocenters. The van der Waals surface area contributed by atoms with Crippen LogP contribution in [-0.2, 0) is 14.7 Å². The van der Waals surface area contributed by atoms with Crippen molar-refractivity contribution in [2.75, 3.05) is 7.11 Å². The van der Waals surface area contributed by atoms with Crippen molar-refractivity contribution in [1.29, 1.82) is 0 Å². The zero-order valence-electron chi connectivity index (χ0n) is 12.4. The monoisotopic (exact) mass is 319 g/mol. The molecule has 5 heteroatoms. The summed E-state index contributed by atoms with van der Waals surface area (Å²) in [5.74, 6) is -0.334. The Hall–Kier alpha value is -1.82. The van der Waals surface area contributed by atoms with Gasteiger partial charge in [-0.1, -0.05) is 60.7 Å². The number of carboxylic acid groups (broad SMARTS) is 1. The minimum Gasteiger partial charge on any atom is -0.480 e. The molecule has 0 saturated heterocycles. The molecule has 0 heterocycles. The van der Waals surface area contributed by atoms with Gasteiger partial charge in [0.1, 0.15) is 6.04 Å². The average Bonchev–Trinajstić information content (AvgIpc) is 2.56. The maximum Gasteiger partial charge on any atom is 0.321 e. The van der Waals surface area contributed by atoms with Gasteiger partial charge < -0.3 is 15.0 Å². The summed E-state index contributed by atoms with van der Waals surface area (Å²) in [5, 5.41) is 9.01. The predicted octanol–water partition coefficient (Wildman–Crippen LogP) is 2.90. The summed E-state index contributed by atoms with van der Waals surface area (Å²) in [7, 11) is 1.62. The number of carbonyl (C=O) groups is 1. The van der Waals surface area contributed by atoms with E-state index in [4.69, 9.17) is 9.92 Å². The Kier molecular flexibility index (Phi) is 6.00. The van der Waals surface area contributed by atoms with Crippen LogP contribution in [0.2, 0.25) is 0 Å². The molecule has 4 nitrogen and oxygen atoms in total. The zero-order valence-corrected chi connectivity index (χ0v) is 13.3. The average molecular weight is 319 g/mol. The molecular weight excluding hydrogens is 298 g/mol. The molecule has 0 amide bonds. The SMILES string of the molecule is CO[SH](Cc1ccccc1)C(c1ccccc1)[C@@H](N)C(=O)O. The van der Waals surface area contributed by atoms with Crippen LogP contribution in [0.15, 0.2) is 60.7 Å². The number of hydrogen-bond acceptors (Lipinski definition) is 3. The van der Waals surface area contributed by atoms with Gasteiger partial charge in [0, 0.05) is 12.9 Å². The fourth-order valence-electron chi connectivity index (χ4n) is 2.38. The smallest absolute Gasteiger partial charge is 0.321 e. The molecule has 0 saturated carbocycles. The van der Waals surface area contributed by atoms with Gasteiger partial charge in [-0.25, -0.2) is 0 Å². The first-order valence-corrected chi connectivity index (χ1v) is 8.53. The van der Waals surface area contributed by atoms with E-state index < -0.39 is 23.2 Å². The van der Waals surface area contributed by atoms with Crippen molar-refractivity contribution in [3.63, 3.8) is 0 Å². The lowest BCUT2D eigenvalue weighted by molar-refractivity contribution is -0.138. The van der Waals surface area contributed by atoms with Gasteiger partial charge >= 0.3 is 5.97 Å². The number of carboxylic acids is 1. The van der Waals surface area contributed by atoms with Crippen LogP contribution in [-0.4, -0.2) is 24.2 Å². The second-order valence-electron chi connectivity index (χ2n) is 4.96. The molecule has 2 rings (SSSR count). The molecule has 0 aliphatic rings. The highest BCUT2D eigenvalue weighted by Crippen LogP contribution is 2.47. The van der Waals surface area contributed by atoms with Crippen molar-refractivity contribution in [3.8, 4) is 0 Å². The standard InChI is InChI=1S/C17H21NO3S/c1-21-22(12-13-8-4-2-5-9-13)16(15(18)17(19)20)14-10-6-3-7-11-14/h2-11,15-16,22H,12,18H2,1H3,(H,19,20)/t15-,16?/m1/s1. The van der Waals surface area contributed by atoms with Gasteiger partial charge in [-0.2, -0.15) is 0 Å². The van der Waals surface area contributed by atoms with E-state index in [0.29, 0.717) is 5.75 Å². The zero-order chi connectivity index (χ0) is 15.9. The molecule has 118 valence electrons. The summed E-state index contributed by atoms with van der Waals surface area (Å²) in [6.45, 7) is 0. The molecule has 0 aliphatic carbocycles. The fraction of sp³-hybridized carbons (Fsp3) is 0.235. The molecule has 0 radical (unpaired) electrons. The summed E-state index contributed by atoms with van der Waals surface area (Å²) in [6.07, 6.45) is 0. The molecule has 2 unspecified atom stereocenters. The maximum atomic E-state index is 11.4. The van der Waals surface area contributed by atoms with Gasteiger partial charge in [-0.15, -0.1) is 11.2 Å². The topological polar surface area (TPSA) is 72.5 Å². The number of rotatable bonds is 7. The van der Waals surface area contributed by atoms with Gasteiger partial charge in [0.05, 0.1) is 5.25 Å². The quantitative estimate of drug-likeness (QED) is 0.686. The van der Waals surface area contributed by atoms with Gasteiger partial charge in [-0.05, 0) is 11.1 Å². The number of thiol groups is 1. The van der Waals surface area contributed by atoms with E-state index in [0.717, 1.165) is 11.1 Å². The Morgan fingerprint density at radius 3 is 2.18 bits per heavy atom. The number of hydrogen-bond donors (Lipinski definition) is 3. The van der Waals surface area contributed by atoms with Crippen LogP contribution in [0.4, 0.5) is 0 Å². The van der Waals surface area contributed by atoms with Crippen molar-refractivity contribution >= 4 is 17.1 Å². The highest BCUT2D eigenvalue weighted by molar-refractivity contribution is 8.12. The second kappa shape index (κ2) is 7.98. The molecule has 3 N–H and O–H groups in total. The van der Waals surface area contributed by atoms with Gasteiger partial charge in [0.15, 0.2) is 0 Å². The minimum atomic E-state index is -1.05. The molecular formula is C17H21NO3S. The lowest BCUT2D eigenvalue weighted by Gasteiger charge is -2.32. The summed E-state index contributed by atoms with van der Waals surface area (Å²) in [5.41, 5.74) is 7.98. The highest BCUT2D eigenvalue weighted by atomic mass is 32.2. The first-order valence-electron chi connectivity index (χ1n) is 7.01. The Labute approximate surface area is 133 Å². The maximum absolute atomic E-state index is 11.4. The van der Waals surface area contributed by atoms with E-state index >= 15 is 0 Å². The highest BCUT2D eigenvalue weighted by Gasteiger charge is 2.31. The normalized spacial score (nSPS) is 15.8. The molecule has 0 spiro atoms.